The Morgan fingerprint density at radius 3 is 2.21 bits per heavy atom. The van der Waals surface area contributed by atoms with Gasteiger partial charge in [-0.1, -0.05) is 0 Å². The second-order valence-electron chi connectivity index (χ2n) is 4.33. The van der Waals surface area contributed by atoms with Crippen LogP contribution in [0, 0.1) is 0 Å². The lowest BCUT2D eigenvalue weighted by Gasteiger charge is -2.45. The standard InChI is InChI=1S/C10H18INO2/c1-13-10-6-12(7-10)8-2-4-9(14-11)5-3-8/h8-10H,2-7H2,1H3. The summed E-state index contributed by atoms with van der Waals surface area (Å²) in [6, 6.07) is 0.796. The maximum atomic E-state index is 5.34. The zero-order valence-electron chi connectivity index (χ0n) is 8.62. The Labute approximate surface area is 99.8 Å². The van der Waals surface area contributed by atoms with Crippen LogP contribution in [0.1, 0.15) is 25.7 Å². The van der Waals surface area contributed by atoms with Crippen molar-refractivity contribution in [3.05, 3.63) is 0 Å². The van der Waals surface area contributed by atoms with Crippen molar-refractivity contribution in [2.75, 3.05) is 20.2 Å². The summed E-state index contributed by atoms with van der Waals surface area (Å²) >= 11 is 2.03. The largest absolute Gasteiger partial charge is 0.379 e. The zero-order chi connectivity index (χ0) is 9.97. The number of methoxy groups -OCH3 is 1. The summed E-state index contributed by atoms with van der Waals surface area (Å²) in [6.45, 7) is 2.27. The molecule has 4 heteroatoms. The fourth-order valence-corrected chi connectivity index (χ4v) is 2.92. The van der Waals surface area contributed by atoms with Gasteiger partial charge in [0.1, 0.15) is 23.0 Å². The minimum Gasteiger partial charge on any atom is -0.379 e. The highest BCUT2D eigenvalue weighted by Gasteiger charge is 2.34. The molecule has 0 aromatic rings. The van der Waals surface area contributed by atoms with Crippen molar-refractivity contribution >= 4 is 23.0 Å². The first-order valence-corrected chi connectivity index (χ1v) is 6.25. The molecule has 0 spiro atoms. The highest BCUT2D eigenvalue weighted by Crippen LogP contribution is 2.29. The third-order valence-electron chi connectivity index (χ3n) is 3.50. The molecule has 1 aliphatic heterocycles. The van der Waals surface area contributed by atoms with Gasteiger partial charge in [-0.2, -0.15) is 0 Å². The quantitative estimate of drug-likeness (QED) is 0.744. The summed E-state index contributed by atoms with van der Waals surface area (Å²) in [5, 5.41) is 0. The first-order valence-electron chi connectivity index (χ1n) is 5.37. The Morgan fingerprint density at radius 1 is 1.07 bits per heavy atom. The van der Waals surface area contributed by atoms with Crippen LogP contribution in [0.25, 0.3) is 0 Å². The average Bonchev–Trinajstić information content (AvgIpc) is 2.17. The molecule has 0 radical (unpaired) electrons. The van der Waals surface area contributed by atoms with Crippen LogP contribution >= 0.6 is 23.0 Å². The third-order valence-corrected chi connectivity index (χ3v) is 4.21. The van der Waals surface area contributed by atoms with Gasteiger partial charge in [-0.25, -0.2) is 0 Å². The van der Waals surface area contributed by atoms with Gasteiger partial charge in [0, 0.05) is 26.2 Å². The number of rotatable bonds is 3. The molecule has 0 N–H and O–H groups in total. The topological polar surface area (TPSA) is 21.7 Å². The van der Waals surface area contributed by atoms with E-state index in [2.05, 4.69) is 4.90 Å². The summed E-state index contributed by atoms with van der Waals surface area (Å²) in [7, 11) is 1.81. The fourth-order valence-electron chi connectivity index (χ4n) is 2.42. The summed E-state index contributed by atoms with van der Waals surface area (Å²) < 4.78 is 10.6. The van der Waals surface area contributed by atoms with E-state index >= 15 is 0 Å². The highest BCUT2D eigenvalue weighted by molar-refractivity contribution is 14.1. The van der Waals surface area contributed by atoms with E-state index < -0.39 is 0 Å². The van der Waals surface area contributed by atoms with Gasteiger partial charge >= 0.3 is 0 Å². The molecule has 2 aliphatic rings. The predicted molar refractivity (Wildman–Crippen MR) is 63.5 cm³/mol. The maximum absolute atomic E-state index is 5.34. The molecule has 14 heavy (non-hydrogen) atoms. The van der Waals surface area contributed by atoms with Crippen LogP contribution in [0.15, 0.2) is 0 Å². The first kappa shape index (κ1) is 11.1. The minimum absolute atomic E-state index is 0.494. The highest BCUT2D eigenvalue weighted by atomic mass is 127. The Bertz CT molecular complexity index is 177. The smallest absolute Gasteiger partial charge is 0.110 e. The minimum atomic E-state index is 0.494. The van der Waals surface area contributed by atoms with Gasteiger partial charge in [0.25, 0.3) is 0 Å². The summed E-state index contributed by atoms with van der Waals surface area (Å²) in [5.41, 5.74) is 0. The van der Waals surface area contributed by atoms with Crippen molar-refractivity contribution in [2.24, 2.45) is 0 Å². The number of ether oxygens (including phenoxy) is 1. The lowest BCUT2D eigenvalue weighted by molar-refractivity contribution is -0.0610. The van der Waals surface area contributed by atoms with Crippen molar-refractivity contribution in [1.82, 2.24) is 4.90 Å². The number of hydrogen-bond donors (Lipinski definition) is 0. The normalized spacial score (nSPS) is 35.6. The fraction of sp³-hybridized carbons (Fsp3) is 1.00. The molecule has 2 fully saturated rings. The SMILES string of the molecule is COC1CN(C2CCC(OI)CC2)C1. The van der Waals surface area contributed by atoms with Gasteiger partial charge in [-0.15, -0.1) is 0 Å². The van der Waals surface area contributed by atoms with Gasteiger partial charge in [0.05, 0.1) is 12.2 Å². The van der Waals surface area contributed by atoms with Gasteiger partial charge in [0.2, 0.25) is 0 Å². The molecular weight excluding hydrogens is 293 g/mol. The van der Waals surface area contributed by atoms with Gasteiger partial charge in [-0.05, 0) is 25.7 Å². The second-order valence-corrected chi connectivity index (χ2v) is 4.84. The number of halogens is 1. The number of nitrogens with zero attached hydrogens (tertiary/aromatic N) is 1. The molecule has 0 unspecified atom stereocenters. The molecule has 1 heterocycles. The van der Waals surface area contributed by atoms with Crippen LogP contribution in [-0.2, 0) is 7.80 Å². The van der Waals surface area contributed by atoms with Crippen LogP contribution in [0.2, 0.25) is 0 Å². The molecule has 0 aromatic carbocycles. The molecule has 1 saturated heterocycles. The van der Waals surface area contributed by atoms with Gasteiger partial charge in [-0.3, -0.25) is 4.90 Å². The van der Waals surface area contributed by atoms with E-state index in [0.717, 1.165) is 19.1 Å². The molecular formula is C10H18INO2. The Balaban J connectivity index is 1.69. The molecule has 0 aromatic heterocycles. The van der Waals surface area contributed by atoms with Crippen molar-refractivity contribution in [3.63, 3.8) is 0 Å². The molecule has 1 aliphatic carbocycles. The maximum Gasteiger partial charge on any atom is 0.110 e. The average molecular weight is 311 g/mol. The monoisotopic (exact) mass is 311 g/mol. The number of likely N-dealkylation sites (tertiary alicyclic amines) is 1. The van der Waals surface area contributed by atoms with E-state index in [1.807, 2.05) is 30.1 Å². The van der Waals surface area contributed by atoms with Crippen LogP contribution in [-0.4, -0.2) is 43.3 Å². The van der Waals surface area contributed by atoms with Crippen LogP contribution in [0.4, 0.5) is 0 Å². The lowest BCUT2D eigenvalue weighted by Crippen LogP contribution is -2.57. The van der Waals surface area contributed by atoms with Crippen molar-refractivity contribution in [1.29, 1.82) is 0 Å². The second kappa shape index (κ2) is 5.09. The Hall–Kier alpha value is 0.610. The zero-order valence-corrected chi connectivity index (χ0v) is 10.8. The predicted octanol–water partition coefficient (Wildman–Crippen LogP) is 1.99. The van der Waals surface area contributed by atoms with E-state index in [9.17, 15) is 0 Å². The summed E-state index contributed by atoms with van der Waals surface area (Å²) in [5.74, 6) is 0. The number of hydrogen-bond acceptors (Lipinski definition) is 3. The van der Waals surface area contributed by atoms with Crippen LogP contribution < -0.4 is 0 Å². The molecule has 82 valence electrons. The lowest BCUT2D eigenvalue weighted by atomic mass is 9.90. The van der Waals surface area contributed by atoms with E-state index in [0.29, 0.717) is 12.2 Å². The first-order chi connectivity index (χ1) is 6.83. The van der Waals surface area contributed by atoms with E-state index in [1.54, 1.807) is 0 Å². The molecule has 1 saturated carbocycles. The summed E-state index contributed by atoms with van der Waals surface area (Å²) in [6.07, 6.45) is 6.04. The molecule has 2 rings (SSSR count). The van der Waals surface area contributed by atoms with Crippen molar-refractivity contribution in [3.8, 4) is 0 Å². The van der Waals surface area contributed by atoms with E-state index in [1.165, 1.54) is 25.7 Å². The van der Waals surface area contributed by atoms with E-state index in [-0.39, 0.29) is 0 Å². The molecule has 0 atom stereocenters. The Morgan fingerprint density at radius 2 is 1.71 bits per heavy atom. The van der Waals surface area contributed by atoms with Crippen molar-refractivity contribution in [2.45, 2.75) is 43.9 Å². The molecule has 0 amide bonds. The van der Waals surface area contributed by atoms with Crippen LogP contribution in [0.5, 0.6) is 0 Å². The molecule has 0 bridgehead atoms. The van der Waals surface area contributed by atoms with Gasteiger partial charge < -0.3 is 7.80 Å². The van der Waals surface area contributed by atoms with E-state index in [4.69, 9.17) is 7.80 Å². The third kappa shape index (κ3) is 2.40. The van der Waals surface area contributed by atoms with Gasteiger partial charge in [0.15, 0.2) is 0 Å². The summed E-state index contributed by atoms with van der Waals surface area (Å²) in [4.78, 5) is 2.55. The Kier molecular flexibility index (Phi) is 4.04. The van der Waals surface area contributed by atoms with Crippen molar-refractivity contribution < 1.29 is 7.80 Å². The van der Waals surface area contributed by atoms with Crippen LogP contribution in [0.3, 0.4) is 0 Å². The molecule has 3 nitrogen and oxygen atoms in total.